The summed E-state index contributed by atoms with van der Waals surface area (Å²) in [5.74, 6) is 3.11. The molecule has 2 aliphatic heterocycles. The Morgan fingerprint density at radius 3 is 2.20 bits per heavy atom. The van der Waals surface area contributed by atoms with Gasteiger partial charge in [0.2, 0.25) is 5.95 Å². The third kappa shape index (κ3) is 3.99. The first kappa shape index (κ1) is 21.6. The van der Waals surface area contributed by atoms with Gasteiger partial charge in [-0.05, 0) is 30.0 Å². The highest BCUT2D eigenvalue weighted by Gasteiger charge is 2.42. The molecular weight excluding hydrogens is 440 g/mol. The summed E-state index contributed by atoms with van der Waals surface area (Å²) in [7, 11) is 3.29. The number of nitrogens with zero attached hydrogens (tertiary/aromatic N) is 6. The highest BCUT2D eigenvalue weighted by molar-refractivity contribution is 5.92. The molecule has 2 aliphatic rings. The van der Waals surface area contributed by atoms with E-state index in [1.54, 1.807) is 20.5 Å². The van der Waals surface area contributed by atoms with Crippen molar-refractivity contribution in [3.8, 4) is 11.5 Å². The molecule has 0 N–H and O–H groups in total. The average Bonchev–Trinajstić information content (AvgIpc) is 3.17. The van der Waals surface area contributed by atoms with Gasteiger partial charge in [0.1, 0.15) is 12.1 Å². The van der Waals surface area contributed by atoms with Crippen LogP contribution in [0.25, 0.3) is 10.9 Å². The lowest BCUT2D eigenvalue weighted by atomic mass is 10.1. The molecule has 2 atom stereocenters. The van der Waals surface area contributed by atoms with E-state index >= 15 is 0 Å². The molecule has 4 heterocycles. The Bertz CT molecular complexity index is 1320. The van der Waals surface area contributed by atoms with Crippen LogP contribution in [0, 0.1) is 0 Å². The van der Waals surface area contributed by atoms with Crippen molar-refractivity contribution in [1.29, 1.82) is 0 Å². The van der Waals surface area contributed by atoms with Gasteiger partial charge < -0.3 is 19.3 Å². The molecule has 8 heteroatoms. The number of ether oxygens (including phenoxy) is 2. The molecule has 2 aromatic heterocycles. The van der Waals surface area contributed by atoms with E-state index in [1.165, 1.54) is 5.56 Å². The zero-order valence-electron chi connectivity index (χ0n) is 20.0. The standard InChI is InChI=1S/C27H28N6O2/c1-34-24-11-22-23(12-25(24)35-2)30-17-31-26(22)32-15-20-8-9-21(16-32)33(20)27-28-13-19(14-29-27)10-18-6-4-3-5-7-18/h3-7,11-14,17,20-21H,8-10,15-16H2,1-2H3. The van der Waals surface area contributed by atoms with Gasteiger partial charge in [-0.25, -0.2) is 19.9 Å². The molecule has 0 spiro atoms. The van der Waals surface area contributed by atoms with E-state index in [1.807, 2.05) is 30.6 Å². The number of benzene rings is 2. The van der Waals surface area contributed by atoms with Crippen molar-refractivity contribution in [2.75, 3.05) is 37.1 Å². The molecule has 178 valence electrons. The molecule has 2 saturated heterocycles. The third-order valence-electron chi connectivity index (χ3n) is 7.08. The SMILES string of the molecule is COc1cc2ncnc(N3CC4CCC(C3)N4c3ncc(Cc4ccccc4)cn3)c2cc1OC. The van der Waals surface area contributed by atoms with Crippen molar-refractivity contribution in [1.82, 2.24) is 19.9 Å². The van der Waals surface area contributed by atoms with Crippen molar-refractivity contribution in [2.45, 2.75) is 31.3 Å². The Hall–Kier alpha value is -3.94. The first-order valence-electron chi connectivity index (χ1n) is 12.0. The number of hydrogen-bond acceptors (Lipinski definition) is 8. The lowest BCUT2D eigenvalue weighted by molar-refractivity contribution is 0.355. The Kier molecular flexibility index (Phi) is 5.56. The Morgan fingerprint density at radius 1 is 0.829 bits per heavy atom. The summed E-state index contributed by atoms with van der Waals surface area (Å²) in [5, 5.41) is 0.972. The van der Waals surface area contributed by atoms with E-state index in [4.69, 9.17) is 19.4 Å². The predicted octanol–water partition coefficient (Wildman–Crippen LogP) is 3.89. The summed E-state index contributed by atoms with van der Waals surface area (Å²) in [5.41, 5.74) is 3.24. The fourth-order valence-corrected chi connectivity index (χ4v) is 5.43. The molecule has 8 nitrogen and oxygen atoms in total. The van der Waals surface area contributed by atoms with E-state index in [0.29, 0.717) is 23.6 Å². The van der Waals surface area contributed by atoms with Crippen LogP contribution in [0.2, 0.25) is 0 Å². The van der Waals surface area contributed by atoms with E-state index < -0.39 is 0 Å². The quantitative estimate of drug-likeness (QED) is 0.422. The first-order valence-corrected chi connectivity index (χ1v) is 12.0. The maximum atomic E-state index is 5.54. The number of hydrogen-bond donors (Lipinski definition) is 0. The van der Waals surface area contributed by atoms with Gasteiger partial charge in [0.15, 0.2) is 11.5 Å². The van der Waals surface area contributed by atoms with Gasteiger partial charge in [-0.1, -0.05) is 30.3 Å². The van der Waals surface area contributed by atoms with Gasteiger partial charge in [0.05, 0.1) is 19.7 Å². The second-order valence-corrected chi connectivity index (χ2v) is 9.17. The molecule has 0 aliphatic carbocycles. The summed E-state index contributed by atoms with van der Waals surface area (Å²) in [4.78, 5) is 23.5. The van der Waals surface area contributed by atoms with E-state index in [2.05, 4.69) is 44.0 Å². The molecule has 6 rings (SSSR count). The normalized spacial score (nSPS) is 19.3. The molecule has 35 heavy (non-hydrogen) atoms. The number of piperazine rings is 1. The molecule has 2 fully saturated rings. The highest BCUT2D eigenvalue weighted by atomic mass is 16.5. The number of aromatic nitrogens is 4. The maximum absolute atomic E-state index is 5.54. The Morgan fingerprint density at radius 2 is 1.51 bits per heavy atom. The Balaban J connectivity index is 1.24. The van der Waals surface area contributed by atoms with Crippen LogP contribution in [0.3, 0.4) is 0 Å². The number of fused-ring (bicyclic) bond motifs is 3. The minimum atomic E-state index is 0.346. The average molecular weight is 469 g/mol. The minimum absolute atomic E-state index is 0.346. The van der Waals surface area contributed by atoms with E-state index in [0.717, 1.165) is 60.6 Å². The van der Waals surface area contributed by atoms with E-state index in [9.17, 15) is 0 Å². The zero-order valence-corrected chi connectivity index (χ0v) is 20.0. The Labute approximate surface area is 204 Å². The lowest BCUT2D eigenvalue weighted by Crippen LogP contribution is -2.54. The van der Waals surface area contributed by atoms with Gasteiger partial charge in [-0.2, -0.15) is 0 Å². The van der Waals surface area contributed by atoms with Gasteiger partial charge in [0, 0.05) is 55.4 Å². The number of methoxy groups -OCH3 is 2. The largest absolute Gasteiger partial charge is 0.493 e. The molecule has 0 saturated carbocycles. The maximum Gasteiger partial charge on any atom is 0.225 e. The van der Waals surface area contributed by atoms with Crippen LogP contribution in [-0.4, -0.2) is 59.3 Å². The van der Waals surface area contributed by atoms with Crippen molar-refractivity contribution in [3.63, 3.8) is 0 Å². The summed E-state index contributed by atoms with van der Waals surface area (Å²) in [6, 6.07) is 15.0. The molecule has 2 aromatic carbocycles. The molecule has 0 amide bonds. The van der Waals surface area contributed by atoms with Crippen molar-refractivity contribution >= 4 is 22.7 Å². The molecule has 0 radical (unpaired) electrons. The summed E-state index contributed by atoms with van der Waals surface area (Å²) in [6.45, 7) is 1.73. The minimum Gasteiger partial charge on any atom is -0.493 e. The van der Waals surface area contributed by atoms with Gasteiger partial charge in [0.25, 0.3) is 0 Å². The van der Waals surface area contributed by atoms with Gasteiger partial charge >= 0.3 is 0 Å². The van der Waals surface area contributed by atoms with Crippen LogP contribution in [0.15, 0.2) is 61.2 Å². The summed E-state index contributed by atoms with van der Waals surface area (Å²) < 4.78 is 11.0. The van der Waals surface area contributed by atoms with Crippen LogP contribution in [-0.2, 0) is 6.42 Å². The fraction of sp³-hybridized carbons (Fsp3) is 0.333. The van der Waals surface area contributed by atoms with Gasteiger partial charge in [-0.3, -0.25) is 0 Å². The van der Waals surface area contributed by atoms with Crippen molar-refractivity contribution in [3.05, 3.63) is 72.3 Å². The zero-order chi connectivity index (χ0) is 23.8. The predicted molar refractivity (Wildman–Crippen MR) is 135 cm³/mol. The second-order valence-electron chi connectivity index (χ2n) is 9.17. The van der Waals surface area contributed by atoms with E-state index in [-0.39, 0.29) is 0 Å². The van der Waals surface area contributed by atoms with Crippen LogP contribution in [0.1, 0.15) is 24.0 Å². The summed E-state index contributed by atoms with van der Waals surface area (Å²) >= 11 is 0. The van der Waals surface area contributed by atoms with Crippen LogP contribution in [0.5, 0.6) is 11.5 Å². The van der Waals surface area contributed by atoms with Crippen LogP contribution >= 0.6 is 0 Å². The van der Waals surface area contributed by atoms with Crippen LogP contribution in [0.4, 0.5) is 11.8 Å². The first-order chi connectivity index (χ1) is 17.2. The third-order valence-corrected chi connectivity index (χ3v) is 7.08. The molecule has 2 unspecified atom stereocenters. The van der Waals surface area contributed by atoms with Crippen molar-refractivity contribution < 1.29 is 9.47 Å². The monoisotopic (exact) mass is 468 g/mol. The lowest BCUT2D eigenvalue weighted by Gasteiger charge is -2.41. The second kappa shape index (κ2) is 9.02. The fourth-order valence-electron chi connectivity index (χ4n) is 5.43. The summed E-state index contributed by atoms with van der Waals surface area (Å²) in [6.07, 6.45) is 8.66. The van der Waals surface area contributed by atoms with Crippen LogP contribution < -0.4 is 19.3 Å². The smallest absolute Gasteiger partial charge is 0.225 e. The molecular formula is C27H28N6O2. The highest BCUT2D eigenvalue weighted by Crippen LogP contribution is 2.38. The number of rotatable bonds is 6. The topological polar surface area (TPSA) is 76.5 Å². The van der Waals surface area contributed by atoms with Crippen molar-refractivity contribution in [2.24, 2.45) is 0 Å². The number of anilines is 2. The van der Waals surface area contributed by atoms with Gasteiger partial charge in [-0.15, -0.1) is 0 Å². The molecule has 4 aromatic rings. The molecule has 2 bridgehead atoms.